The molecule has 0 radical (unpaired) electrons. The van der Waals surface area contributed by atoms with Crippen LogP contribution in [-0.4, -0.2) is 28.7 Å². The van der Waals surface area contributed by atoms with Gasteiger partial charge in [0.1, 0.15) is 23.2 Å². The first kappa shape index (κ1) is 20.1. The minimum absolute atomic E-state index is 0.0499. The summed E-state index contributed by atoms with van der Waals surface area (Å²) in [6.45, 7) is 1.92. The number of nitro groups is 1. The molecule has 0 aromatic heterocycles. The first-order chi connectivity index (χ1) is 12.9. The van der Waals surface area contributed by atoms with Gasteiger partial charge in [0, 0.05) is 29.7 Å². The Morgan fingerprint density at radius 2 is 1.85 bits per heavy atom. The number of carbonyl (C=O) groups is 2. The normalized spacial score (nSPS) is 11.6. The van der Waals surface area contributed by atoms with Crippen LogP contribution in [0.15, 0.2) is 42.5 Å². The maximum Gasteiger partial charge on any atom is 0.270 e. The Morgan fingerprint density at radius 3 is 2.41 bits per heavy atom. The molecule has 7 nitrogen and oxygen atoms in total. The van der Waals surface area contributed by atoms with Crippen molar-refractivity contribution in [2.24, 2.45) is 0 Å². The number of ether oxygens (including phenoxy) is 1. The van der Waals surface area contributed by atoms with Crippen LogP contribution in [0.4, 0.5) is 5.69 Å². The molecule has 0 aliphatic rings. The molecule has 0 heterocycles. The monoisotopic (exact) mass is 371 g/mol. The maximum absolute atomic E-state index is 13.0. The fraction of sp³-hybridized carbons (Fsp3) is 0.300. The van der Waals surface area contributed by atoms with Gasteiger partial charge in [0.05, 0.1) is 12.0 Å². The molecule has 0 bridgehead atoms. The summed E-state index contributed by atoms with van der Waals surface area (Å²) >= 11 is 0. The van der Waals surface area contributed by atoms with E-state index in [-0.39, 0.29) is 34.8 Å². The van der Waals surface area contributed by atoms with Gasteiger partial charge >= 0.3 is 0 Å². The van der Waals surface area contributed by atoms with Gasteiger partial charge in [-0.1, -0.05) is 13.3 Å². The number of aromatic hydroxyl groups is 1. The van der Waals surface area contributed by atoms with E-state index in [0.29, 0.717) is 12.2 Å². The molecule has 0 saturated heterocycles. The third-order valence-corrected chi connectivity index (χ3v) is 4.27. The van der Waals surface area contributed by atoms with Crippen molar-refractivity contribution < 1.29 is 24.4 Å². The van der Waals surface area contributed by atoms with Crippen molar-refractivity contribution in [1.82, 2.24) is 0 Å². The molecule has 0 fully saturated rings. The van der Waals surface area contributed by atoms with E-state index in [1.165, 1.54) is 19.2 Å². The number of rotatable bonds is 9. The highest BCUT2D eigenvalue weighted by molar-refractivity contribution is 6.15. The number of ketones is 2. The molecule has 0 spiro atoms. The second-order valence-corrected chi connectivity index (χ2v) is 6.10. The minimum atomic E-state index is -1.30. The van der Waals surface area contributed by atoms with Crippen LogP contribution in [0, 0.1) is 10.1 Å². The molecule has 142 valence electrons. The third-order valence-electron chi connectivity index (χ3n) is 4.27. The van der Waals surface area contributed by atoms with Crippen LogP contribution in [0.1, 0.15) is 48.0 Å². The van der Waals surface area contributed by atoms with Crippen LogP contribution in [0.5, 0.6) is 11.5 Å². The highest BCUT2D eigenvalue weighted by Gasteiger charge is 2.32. The Bertz CT molecular complexity index is 844. The van der Waals surface area contributed by atoms with Crippen LogP contribution in [-0.2, 0) is 4.79 Å². The van der Waals surface area contributed by atoms with Crippen molar-refractivity contribution >= 4 is 17.3 Å². The highest BCUT2D eigenvalue weighted by Crippen LogP contribution is 2.34. The van der Waals surface area contributed by atoms with Crippen LogP contribution in [0.3, 0.4) is 0 Å². The van der Waals surface area contributed by atoms with Crippen LogP contribution in [0.2, 0.25) is 0 Å². The Morgan fingerprint density at radius 1 is 1.19 bits per heavy atom. The predicted octanol–water partition coefficient (Wildman–Crippen LogP) is 4.03. The lowest BCUT2D eigenvalue weighted by molar-refractivity contribution is -0.384. The zero-order valence-electron chi connectivity index (χ0n) is 15.2. The number of methoxy groups -OCH3 is 1. The van der Waals surface area contributed by atoms with Crippen molar-refractivity contribution in [2.75, 3.05) is 7.11 Å². The van der Waals surface area contributed by atoms with Gasteiger partial charge in [-0.05, 0) is 36.8 Å². The number of hydrogen-bond acceptors (Lipinski definition) is 6. The van der Waals surface area contributed by atoms with Crippen molar-refractivity contribution in [3.05, 3.63) is 63.7 Å². The van der Waals surface area contributed by atoms with Gasteiger partial charge in [-0.3, -0.25) is 19.7 Å². The van der Waals surface area contributed by atoms with Crippen LogP contribution in [0.25, 0.3) is 0 Å². The second kappa shape index (κ2) is 8.93. The van der Waals surface area contributed by atoms with Crippen molar-refractivity contribution in [3.63, 3.8) is 0 Å². The number of phenolic OH excluding ortho intramolecular Hbond substituents is 1. The van der Waals surface area contributed by atoms with Crippen molar-refractivity contribution in [3.8, 4) is 11.5 Å². The van der Waals surface area contributed by atoms with Crippen molar-refractivity contribution in [2.45, 2.75) is 32.1 Å². The summed E-state index contributed by atoms with van der Waals surface area (Å²) in [5, 5.41) is 21.3. The average Bonchev–Trinajstić information content (AvgIpc) is 2.67. The first-order valence-corrected chi connectivity index (χ1v) is 8.57. The molecular weight excluding hydrogens is 350 g/mol. The summed E-state index contributed by atoms with van der Waals surface area (Å²) in [5.41, 5.74) is -0.0821. The molecular formula is C20H21NO6. The Kier molecular flexibility index (Phi) is 6.65. The fourth-order valence-electron chi connectivity index (χ4n) is 2.76. The number of hydrogen-bond donors (Lipinski definition) is 1. The number of Topliss-reactive ketones (excluding diaryl/α,β-unsaturated/α-hetero) is 2. The number of non-ortho nitro benzene ring substituents is 1. The SMILES string of the molecule is CCCCC(=O)C(C(=O)c1ccc(OC)cc1)c1cc([N+](=O)[O-])ccc1O. The van der Waals surface area contributed by atoms with Gasteiger partial charge in [-0.2, -0.15) is 0 Å². The van der Waals surface area contributed by atoms with E-state index in [9.17, 15) is 24.8 Å². The molecule has 2 rings (SSSR count). The smallest absolute Gasteiger partial charge is 0.270 e. The van der Waals surface area contributed by atoms with Crippen LogP contribution >= 0.6 is 0 Å². The molecule has 2 aromatic carbocycles. The van der Waals surface area contributed by atoms with E-state index in [1.807, 2.05) is 6.92 Å². The number of nitro benzene ring substituents is 1. The van der Waals surface area contributed by atoms with Gasteiger partial charge in [0.25, 0.3) is 5.69 Å². The molecule has 0 saturated carbocycles. The summed E-state index contributed by atoms with van der Waals surface area (Å²) in [5.74, 6) is -1.97. The van der Waals surface area contributed by atoms with Gasteiger partial charge < -0.3 is 9.84 Å². The van der Waals surface area contributed by atoms with Crippen molar-refractivity contribution in [1.29, 1.82) is 0 Å². The summed E-state index contributed by atoms with van der Waals surface area (Å²) < 4.78 is 5.06. The Hall–Kier alpha value is -3.22. The van der Waals surface area contributed by atoms with E-state index in [4.69, 9.17) is 4.74 Å². The summed E-state index contributed by atoms with van der Waals surface area (Å²) in [6.07, 6.45) is 1.49. The summed E-state index contributed by atoms with van der Waals surface area (Å²) in [6, 6.07) is 9.58. The van der Waals surface area contributed by atoms with Gasteiger partial charge in [0.2, 0.25) is 0 Å². The highest BCUT2D eigenvalue weighted by atomic mass is 16.6. The molecule has 0 aliphatic carbocycles. The largest absolute Gasteiger partial charge is 0.508 e. The van der Waals surface area contributed by atoms with Crippen LogP contribution < -0.4 is 4.74 Å². The maximum atomic E-state index is 13.0. The molecule has 7 heteroatoms. The Balaban J connectivity index is 2.50. The lowest BCUT2D eigenvalue weighted by atomic mass is 9.84. The molecule has 27 heavy (non-hydrogen) atoms. The molecule has 1 N–H and O–H groups in total. The predicted molar refractivity (Wildman–Crippen MR) is 99.4 cm³/mol. The summed E-state index contributed by atoms with van der Waals surface area (Å²) in [4.78, 5) is 36.2. The van der Waals surface area contributed by atoms with E-state index < -0.39 is 16.6 Å². The van der Waals surface area contributed by atoms with Gasteiger partial charge in [-0.15, -0.1) is 0 Å². The number of unbranched alkanes of at least 4 members (excludes halogenated alkanes) is 1. The number of benzene rings is 2. The second-order valence-electron chi connectivity index (χ2n) is 6.10. The zero-order valence-corrected chi connectivity index (χ0v) is 15.2. The molecule has 2 aromatic rings. The molecule has 0 aliphatic heterocycles. The van der Waals surface area contributed by atoms with E-state index >= 15 is 0 Å². The van der Waals surface area contributed by atoms with E-state index in [0.717, 1.165) is 24.6 Å². The zero-order chi connectivity index (χ0) is 20.0. The molecule has 1 atom stereocenters. The lowest BCUT2D eigenvalue weighted by Crippen LogP contribution is -2.22. The Labute approximate surface area is 156 Å². The third kappa shape index (κ3) is 4.69. The van der Waals surface area contributed by atoms with E-state index in [2.05, 4.69) is 0 Å². The van der Waals surface area contributed by atoms with Gasteiger partial charge in [0.15, 0.2) is 5.78 Å². The lowest BCUT2D eigenvalue weighted by Gasteiger charge is -2.17. The quantitative estimate of drug-likeness (QED) is 0.309. The number of nitrogens with zero attached hydrogens (tertiary/aromatic N) is 1. The fourth-order valence-corrected chi connectivity index (χ4v) is 2.76. The standard InChI is InChI=1S/C20H21NO6/c1-3-4-5-18(23)19(16-12-14(21(25)26)8-11-17(16)22)20(24)13-6-9-15(27-2)10-7-13/h6-12,19,22H,3-5H2,1-2H3. The first-order valence-electron chi connectivity index (χ1n) is 8.57. The molecule has 0 amide bonds. The number of carbonyl (C=O) groups excluding carboxylic acids is 2. The average molecular weight is 371 g/mol. The number of phenols is 1. The minimum Gasteiger partial charge on any atom is -0.508 e. The van der Waals surface area contributed by atoms with E-state index in [1.54, 1.807) is 12.1 Å². The van der Waals surface area contributed by atoms with Gasteiger partial charge in [-0.25, -0.2) is 0 Å². The molecule has 1 unspecified atom stereocenters. The topological polar surface area (TPSA) is 107 Å². The summed E-state index contributed by atoms with van der Waals surface area (Å²) in [7, 11) is 1.50.